The molecule has 5 heteroatoms. The van der Waals surface area contributed by atoms with E-state index in [-0.39, 0.29) is 12.4 Å². The molecule has 1 aromatic carbocycles. The number of aliphatic hydroxyl groups excluding tert-OH is 1. The van der Waals surface area contributed by atoms with Crippen LogP contribution in [0.15, 0.2) is 23.2 Å². The zero-order chi connectivity index (χ0) is 12.5. The number of aliphatic imine (C=N–C) groups is 1. The molecule has 0 fully saturated rings. The molecule has 94 valence electrons. The largest absolute Gasteiger partial charge is 0.504 e. The summed E-state index contributed by atoms with van der Waals surface area (Å²) in [5, 5.41) is 17.9. The monoisotopic (exact) mass is 239 g/mol. The number of benzene rings is 1. The van der Waals surface area contributed by atoms with Gasteiger partial charge in [-0.2, -0.15) is 0 Å². The number of phenolic OH excluding ortho intramolecular Hbond substituents is 1. The van der Waals surface area contributed by atoms with E-state index in [0.29, 0.717) is 25.5 Å². The minimum absolute atomic E-state index is 0.0267. The van der Waals surface area contributed by atoms with Crippen LogP contribution in [0.5, 0.6) is 11.5 Å². The lowest BCUT2D eigenvalue weighted by molar-refractivity contribution is 0.0978. The lowest BCUT2D eigenvalue weighted by Gasteiger charge is -2.03. The van der Waals surface area contributed by atoms with Gasteiger partial charge in [-0.25, -0.2) is 0 Å². The highest BCUT2D eigenvalue weighted by Gasteiger charge is 2.00. The zero-order valence-electron chi connectivity index (χ0n) is 9.80. The van der Waals surface area contributed by atoms with Crippen LogP contribution in [0.2, 0.25) is 0 Å². The summed E-state index contributed by atoms with van der Waals surface area (Å²) in [6, 6.07) is 5.01. The third-order valence-electron chi connectivity index (χ3n) is 2.04. The lowest BCUT2D eigenvalue weighted by Crippen LogP contribution is -2.03. The van der Waals surface area contributed by atoms with Gasteiger partial charge < -0.3 is 19.7 Å². The summed E-state index contributed by atoms with van der Waals surface area (Å²) in [4.78, 5) is 4.15. The van der Waals surface area contributed by atoms with Gasteiger partial charge >= 0.3 is 0 Å². The Morgan fingerprint density at radius 1 is 1.35 bits per heavy atom. The van der Waals surface area contributed by atoms with Gasteiger partial charge in [-0.05, 0) is 23.8 Å². The predicted octanol–water partition coefficient (Wildman–Crippen LogP) is 0.829. The van der Waals surface area contributed by atoms with Crippen LogP contribution in [0, 0.1) is 0 Å². The molecule has 0 bridgehead atoms. The van der Waals surface area contributed by atoms with Crippen LogP contribution in [0.25, 0.3) is 0 Å². The van der Waals surface area contributed by atoms with Crippen LogP contribution < -0.4 is 4.74 Å². The maximum atomic E-state index is 9.39. The normalized spacial score (nSPS) is 10.9. The van der Waals surface area contributed by atoms with Crippen molar-refractivity contribution in [3.63, 3.8) is 0 Å². The maximum Gasteiger partial charge on any atom is 0.161 e. The Morgan fingerprint density at radius 2 is 2.18 bits per heavy atom. The Labute approximate surface area is 100 Å². The lowest BCUT2D eigenvalue weighted by atomic mass is 10.2. The van der Waals surface area contributed by atoms with E-state index in [4.69, 9.17) is 14.6 Å². The summed E-state index contributed by atoms with van der Waals surface area (Å²) in [7, 11) is 1.50. The average Bonchev–Trinajstić information content (AvgIpc) is 2.35. The topological polar surface area (TPSA) is 71.3 Å². The quantitative estimate of drug-likeness (QED) is 0.546. The molecule has 0 atom stereocenters. The fraction of sp³-hybridized carbons (Fsp3) is 0.417. The van der Waals surface area contributed by atoms with Crippen LogP contribution in [0.4, 0.5) is 0 Å². The van der Waals surface area contributed by atoms with Crippen molar-refractivity contribution in [1.29, 1.82) is 0 Å². The molecule has 17 heavy (non-hydrogen) atoms. The fourth-order valence-corrected chi connectivity index (χ4v) is 1.23. The van der Waals surface area contributed by atoms with Gasteiger partial charge in [0.05, 0.1) is 33.5 Å². The zero-order valence-corrected chi connectivity index (χ0v) is 9.80. The number of nitrogens with zero attached hydrogens (tertiary/aromatic N) is 1. The molecule has 5 nitrogen and oxygen atoms in total. The first kappa shape index (κ1) is 13.5. The molecule has 0 aliphatic heterocycles. The van der Waals surface area contributed by atoms with Gasteiger partial charge in [-0.1, -0.05) is 0 Å². The van der Waals surface area contributed by atoms with Gasteiger partial charge in [0.25, 0.3) is 0 Å². The highest BCUT2D eigenvalue weighted by Crippen LogP contribution is 2.25. The number of hydrogen-bond acceptors (Lipinski definition) is 5. The number of aromatic hydroxyl groups is 1. The van der Waals surface area contributed by atoms with Gasteiger partial charge in [0, 0.05) is 6.21 Å². The molecule has 0 unspecified atom stereocenters. The van der Waals surface area contributed by atoms with Gasteiger partial charge in [-0.3, -0.25) is 4.99 Å². The summed E-state index contributed by atoms with van der Waals surface area (Å²) in [6.45, 7) is 1.37. The van der Waals surface area contributed by atoms with Crippen LogP contribution >= 0.6 is 0 Å². The molecule has 0 saturated carbocycles. The van der Waals surface area contributed by atoms with Crippen LogP contribution in [-0.4, -0.2) is 49.9 Å². The molecule has 0 heterocycles. The van der Waals surface area contributed by atoms with Crippen molar-refractivity contribution in [2.45, 2.75) is 0 Å². The van der Waals surface area contributed by atoms with E-state index < -0.39 is 0 Å². The highest BCUT2D eigenvalue weighted by atomic mass is 16.5. The molecular weight excluding hydrogens is 222 g/mol. The first-order valence-corrected chi connectivity index (χ1v) is 5.33. The van der Waals surface area contributed by atoms with E-state index >= 15 is 0 Å². The van der Waals surface area contributed by atoms with Crippen molar-refractivity contribution in [2.75, 3.05) is 33.5 Å². The Kier molecular flexibility index (Phi) is 6.06. The van der Waals surface area contributed by atoms with Crippen molar-refractivity contribution >= 4 is 6.21 Å². The van der Waals surface area contributed by atoms with E-state index in [2.05, 4.69) is 4.99 Å². The molecule has 0 amide bonds. The van der Waals surface area contributed by atoms with Crippen LogP contribution in [-0.2, 0) is 4.74 Å². The third-order valence-corrected chi connectivity index (χ3v) is 2.04. The smallest absolute Gasteiger partial charge is 0.161 e. The van der Waals surface area contributed by atoms with Crippen molar-refractivity contribution in [2.24, 2.45) is 4.99 Å². The Hall–Kier alpha value is -1.59. The summed E-state index contributed by atoms with van der Waals surface area (Å²) < 4.78 is 10.0. The van der Waals surface area contributed by atoms with Crippen molar-refractivity contribution in [3.05, 3.63) is 23.8 Å². The molecular formula is C12H17NO4. The van der Waals surface area contributed by atoms with E-state index in [1.54, 1.807) is 24.4 Å². The second kappa shape index (κ2) is 7.65. The molecule has 0 radical (unpaired) electrons. The van der Waals surface area contributed by atoms with E-state index in [1.165, 1.54) is 7.11 Å². The average molecular weight is 239 g/mol. The molecule has 1 aromatic rings. The first-order valence-electron chi connectivity index (χ1n) is 5.33. The predicted molar refractivity (Wildman–Crippen MR) is 65.0 cm³/mol. The van der Waals surface area contributed by atoms with Crippen molar-refractivity contribution < 1.29 is 19.7 Å². The molecule has 0 aliphatic rings. The fourth-order valence-electron chi connectivity index (χ4n) is 1.23. The number of phenols is 1. The minimum atomic E-state index is 0.0267. The maximum absolute atomic E-state index is 9.39. The molecule has 0 saturated heterocycles. The highest BCUT2D eigenvalue weighted by molar-refractivity contribution is 5.80. The summed E-state index contributed by atoms with van der Waals surface area (Å²) in [5.41, 5.74) is 0.849. The molecule has 2 N–H and O–H groups in total. The van der Waals surface area contributed by atoms with Gasteiger partial charge in [0.15, 0.2) is 11.5 Å². The number of methoxy groups -OCH3 is 1. The summed E-state index contributed by atoms with van der Waals surface area (Å²) >= 11 is 0. The first-order chi connectivity index (χ1) is 8.27. The van der Waals surface area contributed by atoms with Crippen LogP contribution in [0.1, 0.15) is 5.56 Å². The second-order valence-corrected chi connectivity index (χ2v) is 3.30. The molecule has 1 rings (SSSR count). The number of aliphatic hydroxyl groups is 1. The third kappa shape index (κ3) is 4.84. The molecule has 0 spiro atoms. The van der Waals surface area contributed by atoms with Gasteiger partial charge in [-0.15, -0.1) is 0 Å². The number of ether oxygens (including phenoxy) is 2. The summed E-state index contributed by atoms with van der Waals surface area (Å²) in [6.07, 6.45) is 1.68. The van der Waals surface area contributed by atoms with E-state index in [1.807, 2.05) is 0 Å². The Bertz CT molecular complexity index is 366. The molecule has 0 aliphatic carbocycles. The molecule has 0 aromatic heterocycles. The minimum Gasteiger partial charge on any atom is -0.504 e. The van der Waals surface area contributed by atoms with Gasteiger partial charge in [0.1, 0.15) is 0 Å². The van der Waals surface area contributed by atoms with Gasteiger partial charge in [0.2, 0.25) is 0 Å². The Morgan fingerprint density at radius 3 is 2.88 bits per heavy atom. The van der Waals surface area contributed by atoms with Crippen molar-refractivity contribution in [1.82, 2.24) is 0 Å². The van der Waals surface area contributed by atoms with E-state index in [9.17, 15) is 5.11 Å². The van der Waals surface area contributed by atoms with E-state index in [0.717, 1.165) is 5.56 Å². The second-order valence-electron chi connectivity index (χ2n) is 3.30. The Balaban J connectivity index is 2.42. The standard InChI is InChI=1S/C12H17NO4/c1-16-12-8-10(2-3-11(12)15)9-13-4-6-17-7-5-14/h2-3,8-9,14-15H,4-7H2,1H3/b13-9+. The van der Waals surface area contributed by atoms with Crippen molar-refractivity contribution in [3.8, 4) is 11.5 Å². The van der Waals surface area contributed by atoms with Crippen LogP contribution in [0.3, 0.4) is 0 Å². The summed E-state index contributed by atoms with van der Waals surface area (Å²) in [5.74, 6) is 0.529. The SMILES string of the molecule is COc1cc(/C=N/CCOCCO)ccc1O. The number of rotatable bonds is 7. The number of hydrogen-bond donors (Lipinski definition) is 2.